The number of rotatable bonds is 3. The van der Waals surface area contributed by atoms with Gasteiger partial charge in [-0.1, -0.05) is 23.2 Å². The fourth-order valence-electron chi connectivity index (χ4n) is 1.49. The van der Waals surface area contributed by atoms with Gasteiger partial charge in [-0.05, 0) is 33.8 Å². The first kappa shape index (κ1) is 17.7. The fraction of sp³-hybridized carbons (Fsp3) is 0.462. The maximum absolute atomic E-state index is 13.5. The maximum Gasteiger partial charge on any atom is 0.408 e. The lowest BCUT2D eigenvalue weighted by atomic mass is 9.95. The van der Waals surface area contributed by atoms with Gasteiger partial charge in [-0.3, -0.25) is 0 Å². The van der Waals surface area contributed by atoms with Crippen LogP contribution in [0.25, 0.3) is 0 Å². The molecular weight excluding hydrogens is 322 g/mol. The highest BCUT2D eigenvalue weighted by molar-refractivity contribution is 6.33. The largest absolute Gasteiger partial charge is 0.444 e. The first-order chi connectivity index (χ1) is 9.48. The molecule has 0 fully saturated rings. The van der Waals surface area contributed by atoms with Crippen LogP contribution in [0, 0.1) is 5.82 Å². The highest BCUT2D eigenvalue weighted by Gasteiger charge is 2.34. The van der Waals surface area contributed by atoms with Crippen molar-refractivity contribution in [3.63, 3.8) is 0 Å². The van der Waals surface area contributed by atoms with Crippen molar-refractivity contribution in [1.82, 2.24) is 10.3 Å². The number of carbonyl (C=O) groups is 2. The topological polar surface area (TPSA) is 68.3 Å². The molecule has 1 aromatic rings. The third-order valence-corrected chi connectivity index (χ3v) is 3.00. The Morgan fingerprint density at radius 3 is 2.38 bits per heavy atom. The van der Waals surface area contributed by atoms with Crippen LogP contribution in [0.3, 0.4) is 0 Å². The summed E-state index contributed by atoms with van der Waals surface area (Å²) in [7, 11) is 0. The summed E-state index contributed by atoms with van der Waals surface area (Å²) in [5.74, 6) is -0.852. The van der Waals surface area contributed by atoms with E-state index in [0.717, 1.165) is 6.07 Å². The Bertz CT molecular complexity index is 575. The number of aldehydes is 1. The second-order valence-corrected chi connectivity index (χ2v) is 6.26. The molecule has 0 bridgehead atoms. The van der Waals surface area contributed by atoms with Gasteiger partial charge >= 0.3 is 6.09 Å². The second kappa shape index (κ2) is 6.15. The van der Waals surface area contributed by atoms with E-state index in [2.05, 4.69) is 10.3 Å². The zero-order valence-corrected chi connectivity index (χ0v) is 13.5. The van der Waals surface area contributed by atoms with Gasteiger partial charge < -0.3 is 14.8 Å². The normalized spacial score (nSPS) is 14.2. The van der Waals surface area contributed by atoms with Gasteiger partial charge in [0.05, 0.1) is 0 Å². The zero-order chi connectivity index (χ0) is 16.4. The molecule has 116 valence electrons. The van der Waals surface area contributed by atoms with E-state index < -0.39 is 28.2 Å². The van der Waals surface area contributed by atoms with Gasteiger partial charge in [0, 0.05) is 5.56 Å². The van der Waals surface area contributed by atoms with Crippen LogP contribution in [-0.2, 0) is 15.1 Å². The van der Waals surface area contributed by atoms with E-state index in [-0.39, 0.29) is 10.7 Å². The minimum atomic E-state index is -1.60. The van der Waals surface area contributed by atoms with E-state index in [0.29, 0.717) is 6.29 Å². The molecule has 0 aliphatic carbocycles. The number of amides is 1. The molecule has 0 radical (unpaired) electrons. The molecule has 8 heteroatoms. The molecular formula is C13H15Cl2FN2O3. The summed E-state index contributed by atoms with van der Waals surface area (Å²) in [6.45, 7) is 6.35. The summed E-state index contributed by atoms with van der Waals surface area (Å²) in [5.41, 5.74) is -2.37. The van der Waals surface area contributed by atoms with Gasteiger partial charge in [0.1, 0.15) is 22.6 Å². The summed E-state index contributed by atoms with van der Waals surface area (Å²) < 4.78 is 18.6. The summed E-state index contributed by atoms with van der Waals surface area (Å²) in [6, 6.07) is 0.948. The van der Waals surface area contributed by atoms with Crippen LogP contribution in [-0.4, -0.2) is 23.0 Å². The number of alkyl carbamates (subject to hydrolysis) is 1. The van der Waals surface area contributed by atoms with Crippen LogP contribution in [0.4, 0.5) is 9.18 Å². The van der Waals surface area contributed by atoms with E-state index in [1.165, 1.54) is 6.92 Å². The Labute approximate surface area is 131 Å². The Hall–Kier alpha value is -1.40. The van der Waals surface area contributed by atoms with Crippen LogP contribution >= 0.6 is 23.2 Å². The molecule has 0 saturated carbocycles. The van der Waals surface area contributed by atoms with Crippen LogP contribution < -0.4 is 5.32 Å². The molecule has 1 atom stereocenters. The molecule has 5 nitrogen and oxygen atoms in total. The Morgan fingerprint density at radius 2 is 1.90 bits per heavy atom. The van der Waals surface area contributed by atoms with Gasteiger partial charge in [0.25, 0.3) is 0 Å². The van der Waals surface area contributed by atoms with Gasteiger partial charge in [0.15, 0.2) is 11.0 Å². The third kappa shape index (κ3) is 4.54. The minimum absolute atomic E-state index is 0.0214. The molecule has 0 spiro atoms. The van der Waals surface area contributed by atoms with E-state index >= 15 is 0 Å². The van der Waals surface area contributed by atoms with Crippen molar-refractivity contribution in [2.45, 2.75) is 38.8 Å². The van der Waals surface area contributed by atoms with Crippen molar-refractivity contribution in [3.05, 3.63) is 27.8 Å². The first-order valence-corrected chi connectivity index (χ1v) is 6.73. The molecule has 1 N–H and O–H groups in total. The summed E-state index contributed by atoms with van der Waals surface area (Å²) >= 11 is 11.4. The fourth-order valence-corrected chi connectivity index (χ4v) is 2.00. The van der Waals surface area contributed by atoms with Crippen LogP contribution in [0.15, 0.2) is 6.07 Å². The smallest absolute Gasteiger partial charge is 0.408 e. The summed E-state index contributed by atoms with van der Waals surface area (Å²) in [5, 5.41) is 1.73. The van der Waals surface area contributed by atoms with E-state index in [4.69, 9.17) is 27.9 Å². The van der Waals surface area contributed by atoms with Gasteiger partial charge in [-0.2, -0.15) is 0 Å². The average Bonchev–Trinajstić information content (AvgIpc) is 2.31. The molecule has 0 aromatic carbocycles. The van der Waals surface area contributed by atoms with Crippen molar-refractivity contribution in [2.24, 2.45) is 0 Å². The quantitative estimate of drug-likeness (QED) is 0.677. The number of ether oxygens (including phenoxy) is 1. The number of hydrogen-bond donors (Lipinski definition) is 1. The lowest BCUT2D eigenvalue weighted by Crippen LogP contribution is -2.47. The van der Waals surface area contributed by atoms with Crippen LogP contribution in [0.5, 0.6) is 0 Å². The van der Waals surface area contributed by atoms with Crippen molar-refractivity contribution >= 4 is 35.6 Å². The molecule has 1 amide bonds. The molecule has 1 unspecified atom stereocenters. The molecule has 1 heterocycles. The number of hydrogen-bond acceptors (Lipinski definition) is 4. The number of nitrogens with one attached hydrogen (secondary N) is 1. The zero-order valence-electron chi connectivity index (χ0n) is 12.0. The highest BCUT2D eigenvalue weighted by Crippen LogP contribution is 2.29. The lowest BCUT2D eigenvalue weighted by Gasteiger charge is -2.28. The number of halogens is 3. The van der Waals surface area contributed by atoms with Gasteiger partial charge in [-0.15, -0.1) is 0 Å². The molecule has 21 heavy (non-hydrogen) atoms. The van der Waals surface area contributed by atoms with E-state index in [1.807, 2.05) is 0 Å². The predicted molar refractivity (Wildman–Crippen MR) is 77.0 cm³/mol. The van der Waals surface area contributed by atoms with E-state index in [9.17, 15) is 14.0 Å². The predicted octanol–water partition coefficient (Wildman–Crippen LogP) is 3.47. The Kier molecular flexibility index (Phi) is 5.17. The van der Waals surface area contributed by atoms with E-state index in [1.54, 1.807) is 20.8 Å². The van der Waals surface area contributed by atoms with Crippen molar-refractivity contribution < 1.29 is 18.7 Å². The highest BCUT2D eigenvalue weighted by atomic mass is 35.5. The molecule has 1 rings (SSSR count). The van der Waals surface area contributed by atoms with Crippen molar-refractivity contribution in [2.75, 3.05) is 0 Å². The summed E-state index contributed by atoms with van der Waals surface area (Å²) in [4.78, 5) is 26.7. The monoisotopic (exact) mass is 336 g/mol. The maximum atomic E-state index is 13.5. The molecule has 0 aliphatic rings. The Morgan fingerprint density at radius 1 is 1.33 bits per heavy atom. The first-order valence-electron chi connectivity index (χ1n) is 5.98. The number of carbonyl (C=O) groups excluding carboxylic acids is 2. The van der Waals surface area contributed by atoms with Crippen molar-refractivity contribution in [1.29, 1.82) is 0 Å². The number of nitrogens with zero attached hydrogens (tertiary/aromatic N) is 1. The second-order valence-electron chi connectivity index (χ2n) is 5.55. The average molecular weight is 337 g/mol. The lowest BCUT2D eigenvalue weighted by molar-refractivity contribution is -0.113. The standard InChI is InChI=1S/C13H15Cl2FN2O3/c1-12(2,3)21-11(20)18-13(4,6-19)7-5-8(16)10(15)17-9(7)14/h5-6H,1-4H3,(H,18,20). The van der Waals surface area contributed by atoms with Gasteiger partial charge in [-0.25, -0.2) is 14.2 Å². The molecule has 0 aliphatic heterocycles. The molecule has 0 saturated heterocycles. The summed E-state index contributed by atoms with van der Waals surface area (Å²) in [6.07, 6.45) is -0.434. The SMILES string of the molecule is CC(C)(C)OC(=O)NC(C)(C=O)c1cc(F)c(Cl)nc1Cl. The molecule has 1 aromatic heterocycles. The number of aromatic nitrogens is 1. The van der Waals surface area contributed by atoms with Crippen LogP contribution in [0.2, 0.25) is 10.3 Å². The minimum Gasteiger partial charge on any atom is -0.444 e. The third-order valence-electron chi connectivity index (χ3n) is 2.44. The number of pyridine rings is 1. The van der Waals surface area contributed by atoms with Crippen molar-refractivity contribution in [3.8, 4) is 0 Å². The Balaban J connectivity index is 3.13. The van der Waals surface area contributed by atoms with Gasteiger partial charge in [0.2, 0.25) is 0 Å². The van der Waals surface area contributed by atoms with Crippen LogP contribution in [0.1, 0.15) is 33.3 Å².